The molecule has 0 atom stereocenters. The molecule has 0 spiro atoms. The van der Waals surface area contributed by atoms with E-state index in [0.29, 0.717) is 0 Å². The molecule has 20 heavy (non-hydrogen) atoms. The minimum atomic E-state index is 0.748. The highest BCUT2D eigenvalue weighted by molar-refractivity contribution is 6.30. The van der Waals surface area contributed by atoms with E-state index in [-0.39, 0.29) is 0 Å². The van der Waals surface area contributed by atoms with E-state index in [1.165, 1.54) is 5.69 Å². The van der Waals surface area contributed by atoms with Gasteiger partial charge in [-0.15, -0.1) is 0 Å². The molecule has 1 heterocycles. The Balaban J connectivity index is 1.67. The Labute approximate surface area is 124 Å². The largest absolute Gasteiger partial charge is 0.378 e. The lowest BCUT2D eigenvalue weighted by Crippen LogP contribution is -2.36. The summed E-state index contributed by atoms with van der Waals surface area (Å²) >= 11 is 5.88. The van der Waals surface area contributed by atoms with E-state index < -0.39 is 0 Å². The molecule has 0 aromatic heterocycles. The summed E-state index contributed by atoms with van der Waals surface area (Å²) < 4.78 is 5.37. The molecule has 1 aliphatic heterocycles. The Morgan fingerprint density at radius 2 is 1.40 bits per heavy atom. The van der Waals surface area contributed by atoms with Gasteiger partial charge in [-0.2, -0.15) is 0 Å². The van der Waals surface area contributed by atoms with Crippen LogP contribution in [0.2, 0.25) is 5.02 Å². The molecule has 1 fully saturated rings. The van der Waals surface area contributed by atoms with Gasteiger partial charge >= 0.3 is 0 Å². The third kappa shape index (κ3) is 3.24. The lowest BCUT2D eigenvalue weighted by molar-refractivity contribution is 0.122. The van der Waals surface area contributed by atoms with Crippen LogP contribution < -0.4 is 10.2 Å². The maximum atomic E-state index is 5.88. The predicted molar refractivity (Wildman–Crippen MR) is 84.2 cm³/mol. The number of morpholine rings is 1. The monoisotopic (exact) mass is 288 g/mol. The number of ether oxygens (including phenoxy) is 1. The van der Waals surface area contributed by atoms with Gasteiger partial charge in [0.25, 0.3) is 0 Å². The van der Waals surface area contributed by atoms with Gasteiger partial charge in [0.2, 0.25) is 0 Å². The van der Waals surface area contributed by atoms with Crippen molar-refractivity contribution in [3.63, 3.8) is 0 Å². The van der Waals surface area contributed by atoms with Crippen LogP contribution in [0, 0.1) is 0 Å². The molecule has 0 radical (unpaired) electrons. The van der Waals surface area contributed by atoms with E-state index in [1.54, 1.807) is 0 Å². The quantitative estimate of drug-likeness (QED) is 0.926. The molecule has 0 saturated carbocycles. The van der Waals surface area contributed by atoms with Crippen LogP contribution in [0.25, 0.3) is 0 Å². The van der Waals surface area contributed by atoms with Crippen molar-refractivity contribution < 1.29 is 4.74 Å². The molecule has 0 aliphatic carbocycles. The molecular formula is C16H17ClN2O. The number of benzene rings is 2. The first-order chi connectivity index (χ1) is 9.81. The average molecular weight is 289 g/mol. The van der Waals surface area contributed by atoms with Gasteiger partial charge in [-0.3, -0.25) is 0 Å². The first kappa shape index (κ1) is 13.3. The number of anilines is 3. The Bertz CT molecular complexity index is 548. The third-order valence-electron chi connectivity index (χ3n) is 3.38. The minimum Gasteiger partial charge on any atom is -0.378 e. The highest BCUT2D eigenvalue weighted by Gasteiger charge is 2.10. The summed E-state index contributed by atoms with van der Waals surface area (Å²) in [4.78, 5) is 2.34. The molecule has 3 nitrogen and oxygen atoms in total. The van der Waals surface area contributed by atoms with Crippen molar-refractivity contribution in [3.8, 4) is 0 Å². The fourth-order valence-corrected chi connectivity index (χ4v) is 2.40. The number of nitrogens with one attached hydrogen (secondary N) is 1. The third-order valence-corrected chi connectivity index (χ3v) is 3.63. The molecule has 2 aromatic carbocycles. The summed E-state index contributed by atoms with van der Waals surface area (Å²) in [5, 5.41) is 4.11. The van der Waals surface area contributed by atoms with Crippen molar-refractivity contribution in [2.75, 3.05) is 36.5 Å². The topological polar surface area (TPSA) is 24.5 Å². The molecule has 0 amide bonds. The fourth-order valence-electron chi connectivity index (χ4n) is 2.28. The average Bonchev–Trinajstić information content (AvgIpc) is 2.51. The molecule has 2 aromatic rings. The van der Waals surface area contributed by atoms with E-state index >= 15 is 0 Å². The van der Waals surface area contributed by atoms with Crippen LogP contribution >= 0.6 is 11.6 Å². The first-order valence-electron chi connectivity index (χ1n) is 6.77. The summed E-state index contributed by atoms with van der Waals surface area (Å²) in [6, 6.07) is 16.2. The van der Waals surface area contributed by atoms with Gasteiger partial charge in [0.05, 0.1) is 13.2 Å². The van der Waals surface area contributed by atoms with Crippen molar-refractivity contribution in [3.05, 3.63) is 53.6 Å². The maximum Gasteiger partial charge on any atom is 0.0642 e. The molecule has 0 bridgehead atoms. The van der Waals surface area contributed by atoms with Crippen LogP contribution in [-0.2, 0) is 4.74 Å². The van der Waals surface area contributed by atoms with Crippen LogP contribution in [0.4, 0.5) is 17.1 Å². The summed E-state index contributed by atoms with van der Waals surface area (Å²) in [7, 11) is 0. The molecule has 1 N–H and O–H groups in total. The van der Waals surface area contributed by atoms with Crippen molar-refractivity contribution >= 4 is 28.7 Å². The lowest BCUT2D eigenvalue weighted by Gasteiger charge is -2.28. The summed E-state index contributed by atoms with van der Waals surface area (Å²) in [5.41, 5.74) is 3.35. The molecule has 3 rings (SSSR count). The van der Waals surface area contributed by atoms with E-state index in [9.17, 15) is 0 Å². The zero-order valence-corrected chi connectivity index (χ0v) is 11.9. The molecule has 0 unspecified atom stereocenters. The molecular weight excluding hydrogens is 272 g/mol. The van der Waals surface area contributed by atoms with Gasteiger partial charge in [-0.1, -0.05) is 11.6 Å². The van der Waals surface area contributed by atoms with Gasteiger partial charge in [0, 0.05) is 35.2 Å². The second kappa shape index (κ2) is 6.16. The predicted octanol–water partition coefficient (Wildman–Crippen LogP) is 3.92. The van der Waals surface area contributed by atoms with Gasteiger partial charge < -0.3 is 15.0 Å². The standard InChI is InChI=1S/C16H17ClN2O/c17-13-1-3-14(4-2-13)18-15-5-7-16(8-6-15)19-9-11-20-12-10-19/h1-8,18H,9-12H2. The highest BCUT2D eigenvalue weighted by atomic mass is 35.5. The van der Waals surface area contributed by atoms with Crippen LogP contribution in [0.1, 0.15) is 0 Å². The number of rotatable bonds is 3. The molecule has 104 valence electrons. The fraction of sp³-hybridized carbons (Fsp3) is 0.250. The van der Waals surface area contributed by atoms with E-state index in [0.717, 1.165) is 42.7 Å². The SMILES string of the molecule is Clc1ccc(Nc2ccc(N3CCOCC3)cc2)cc1. The minimum absolute atomic E-state index is 0.748. The number of hydrogen-bond donors (Lipinski definition) is 1. The smallest absolute Gasteiger partial charge is 0.0642 e. The van der Waals surface area contributed by atoms with Gasteiger partial charge in [-0.25, -0.2) is 0 Å². The maximum absolute atomic E-state index is 5.88. The van der Waals surface area contributed by atoms with E-state index in [2.05, 4.69) is 34.5 Å². The van der Waals surface area contributed by atoms with Gasteiger partial charge in [0.15, 0.2) is 0 Å². The highest BCUT2D eigenvalue weighted by Crippen LogP contribution is 2.22. The molecule has 1 saturated heterocycles. The number of hydrogen-bond acceptors (Lipinski definition) is 3. The van der Waals surface area contributed by atoms with Crippen LogP contribution in [0.15, 0.2) is 48.5 Å². The van der Waals surface area contributed by atoms with Gasteiger partial charge in [0.1, 0.15) is 0 Å². The van der Waals surface area contributed by atoms with Crippen LogP contribution in [0.5, 0.6) is 0 Å². The van der Waals surface area contributed by atoms with Crippen molar-refractivity contribution in [2.45, 2.75) is 0 Å². The van der Waals surface area contributed by atoms with E-state index in [1.807, 2.05) is 24.3 Å². The number of nitrogens with zero attached hydrogens (tertiary/aromatic N) is 1. The Kier molecular flexibility index (Phi) is 4.09. The zero-order valence-electron chi connectivity index (χ0n) is 11.2. The normalized spacial score (nSPS) is 15.2. The second-order valence-corrected chi connectivity index (χ2v) is 5.21. The zero-order chi connectivity index (χ0) is 13.8. The summed E-state index contributed by atoms with van der Waals surface area (Å²) in [5.74, 6) is 0. The van der Waals surface area contributed by atoms with Crippen LogP contribution in [-0.4, -0.2) is 26.3 Å². The van der Waals surface area contributed by atoms with Crippen molar-refractivity contribution in [1.29, 1.82) is 0 Å². The second-order valence-electron chi connectivity index (χ2n) is 4.78. The van der Waals surface area contributed by atoms with Gasteiger partial charge in [-0.05, 0) is 48.5 Å². The lowest BCUT2D eigenvalue weighted by atomic mass is 10.2. The summed E-state index contributed by atoms with van der Waals surface area (Å²) in [6.07, 6.45) is 0. The Morgan fingerprint density at radius 3 is 2.00 bits per heavy atom. The first-order valence-corrected chi connectivity index (χ1v) is 7.14. The van der Waals surface area contributed by atoms with Crippen LogP contribution in [0.3, 0.4) is 0 Å². The number of halogens is 1. The van der Waals surface area contributed by atoms with E-state index in [4.69, 9.17) is 16.3 Å². The summed E-state index contributed by atoms with van der Waals surface area (Å²) in [6.45, 7) is 3.55. The van der Waals surface area contributed by atoms with Crippen molar-refractivity contribution in [1.82, 2.24) is 0 Å². The Hall–Kier alpha value is -1.71. The van der Waals surface area contributed by atoms with Crippen molar-refractivity contribution in [2.24, 2.45) is 0 Å². The Morgan fingerprint density at radius 1 is 0.850 bits per heavy atom. The molecule has 1 aliphatic rings. The molecule has 4 heteroatoms.